The van der Waals surface area contributed by atoms with Crippen LogP contribution in [-0.2, 0) is 20.9 Å². The summed E-state index contributed by atoms with van der Waals surface area (Å²) in [5.41, 5.74) is 4.26. The zero-order valence-corrected chi connectivity index (χ0v) is 14.8. The quantitative estimate of drug-likeness (QED) is 0.787. The molecule has 5 nitrogen and oxygen atoms in total. The summed E-state index contributed by atoms with van der Waals surface area (Å²) < 4.78 is 10.3. The molecular formula is C20H23NO4. The van der Waals surface area contributed by atoms with E-state index in [1.54, 1.807) is 0 Å². The van der Waals surface area contributed by atoms with Gasteiger partial charge in [0.15, 0.2) is 13.2 Å². The number of hydrogen-bond donors (Lipinski definition) is 1. The van der Waals surface area contributed by atoms with Gasteiger partial charge in [-0.15, -0.1) is 0 Å². The summed E-state index contributed by atoms with van der Waals surface area (Å²) in [6.07, 6.45) is 0. The molecule has 132 valence electrons. The first kappa shape index (κ1) is 18.5. The molecule has 0 radical (unpaired) electrons. The minimum Gasteiger partial charge on any atom is -0.482 e. The van der Waals surface area contributed by atoms with Gasteiger partial charge in [0.1, 0.15) is 5.75 Å². The summed E-state index contributed by atoms with van der Waals surface area (Å²) in [6.45, 7) is 5.76. The highest BCUT2D eigenvalue weighted by molar-refractivity contribution is 5.80. The highest BCUT2D eigenvalue weighted by atomic mass is 16.6. The molecule has 0 aliphatic rings. The number of ether oxygens (including phenoxy) is 2. The maximum atomic E-state index is 11.7. The molecule has 5 heteroatoms. The zero-order valence-electron chi connectivity index (χ0n) is 14.8. The molecule has 0 atom stereocenters. The Morgan fingerprint density at radius 1 is 0.880 bits per heavy atom. The fourth-order valence-electron chi connectivity index (χ4n) is 2.30. The normalized spacial score (nSPS) is 10.2. The van der Waals surface area contributed by atoms with Crippen molar-refractivity contribution < 1.29 is 19.1 Å². The van der Waals surface area contributed by atoms with Crippen LogP contribution >= 0.6 is 0 Å². The van der Waals surface area contributed by atoms with Crippen LogP contribution in [-0.4, -0.2) is 25.1 Å². The van der Waals surface area contributed by atoms with Crippen LogP contribution in [0.5, 0.6) is 5.75 Å². The number of amides is 1. The van der Waals surface area contributed by atoms with Crippen LogP contribution in [0.4, 0.5) is 0 Å². The van der Waals surface area contributed by atoms with Crippen molar-refractivity contribution in [2.75, 3.05) is 13.2 Å². The minimum atomic E-state index is -0.579. The van der Waals surface area contributed by atoms with Gasteiger partial charge in [-0.2, -0.15) is 0 Å². The number of benzene rings is 2. The second kappa shape index (κ2) is 8.87. The van der Waals surface area contributed by atoms with Gasteiger partial charge in [0, 0.05) is 6.54 Å². The first-order valence-corrected chi connectivity index (χ1v) is 8.11. The molecule has 0 unspecified atom stereocenters. The van der Waals surface area contributed by atoms with Crippen LogP contribution in [0.25, 0.3) is 0 Å². The summed E-state index contributed by atoms with van der Waals surface area (Å²) in [4.78, 5) is 23.4. The Kier molecular flexibility index (Phi) is 6.57. The predicted octanol–water partition coefficient (Wildman–Crippen LogP) is 2.85. The van der Waals surface area contributed by atoms with Crippen molar-refractivity contribution in [1.29, 1.82) is 0 Å². The van der Waals surface area contributed by atoms with Crippen molar-refractivity contribution in [3.05, 3.63) is 64.7 Å². The molecule has 0 heterocycles. The number of nitrogens with one attached hydrogen (secondary N) is 1. The summed E-state index contributed by atoms with van der Waals surface area (Å²) >= 11 is 0. The van der Waals surface area contributed by atoms with E-state index in [9.17, 15) is 9.59 Å². The Morgan fingerprint density at radius 3 is 2.16 bits per heavy atom. The van der Waals surface area contributed by atoms with E-state index in [1.807, 2.05) is 63.2 Å². The lowest BCUT2D eigenvalue weighted by molar-refractivity contribution is -0.150. The van der Waals surface area contributed by atoms with Crippen LogP contribution in [0.3, 0.4) is 0 Å². The van der Waals surface area contributed by atoms with Gasteiger partial charge >= 0.3 is 5.97 Å². The van der Waals surface area contributed by atoms with E-state index in [0.717, 1.165) is 22.3 Å². The molecule has 0 aromatic heterocycles. The Balaban J connectivity index is 1.68. The van der Waals surface area contributed by atoms with Crippen LogP contribution in [0.2, 0.25) is 0 Å². The lowest BCUT2D eigenvalue weighted by atomic mass is 10.1. The highest BCUT2D eigenvalue weighted by Crippen LogP contribution is 2.16. The number of hydrogen-bond acceptors (Lipinski definition) is 4. The second-order valence-corrected chi connectivity index (χ2v) is 6.04. The molecule has 0 bridgehead atoms. The van der Waals surface area contributed by atoms with Crippen molar-refractivity contribution in [3.63, 3.8) is 0 Å². The molecule has 1 amide bonds. The average Bonchev–Trinajstić information content (AvgIpc) is 2.57. The molecule has 2 aromatic carbocycles. The molecule has 25 heavy (non-hydrogen) atoms. The Morgan fingerprint density at radius 2 is 1.52 bits per heavy atom. The molecule has 0 fully saturated rings. The van der Waals surface area contributed by atoms with Crippen molar-refractivity contribution in [3.8, 4) is 5.75 Å². The van der Waals surface area contributed by atoms with Crippen molar-refractivity contribution in [2.24, 2.45) is 0 Å². The molecular weight excluding hydrogens is 318 g/mol. The molecule has 0 aliphatic carbocycles. The summed E-state index contributed by atoms with van der Waals surface area (Å²) in [7, 11) is 0. The van der Waals surface area contributed by atoms with E-state index >= 15 is 0 Å². The number of carbonyl (C=O) groups is 2. The minimum absolute atomic E-state index is 0.228. The topological polar surface area (TPSA) is 64.6 Å². The largest absolute Gasteiger partial charge is 0.482 e. The standard InChI is InChI=1S/C20H23NO4/c1-14-4-6-17(7-5-14)11-21-19(22)12-25-20(23)13-24-18-9-15(2)8-16(3)10-18/h4-10H,11-13H2,1-3H3,(H,21,22). The van der Waals surface area contributed by atoms with Gasteiger partial charge in [0.2, 0.25) is 0 Å². The number of carbonyl (C=O) groups excluding carboxylic acids is 2. The predicted molar refractivity (Wildman–Crippen MR) is 95.4 cm³/mol. The van der Waals surface area contributed by atoms with Crippen molar-refractivity contribution >= 4 is 11.9 Å². The average molecular weight is 341 g/mol. The SMILES string of the molecule is Cc1ccc(CNC(=O)COC(=O)COc2cc(C)cc(C)c2)cc1. The monoisotopic (exact) mass is 341 g/mol. The molecule has 0 aliphatic heterocycles. The third kappa shape index (κ3) is 6.67. The second-order valence-electron chi connectivity index (χ2n) is 6.04. The summed E-state index contributed by atoms with van der Waals surface area (Å²) in [6, 6.07) is 13.5. The van der Waals surface area contributed by atoms with E-state index in [1.165, 1.54) is 0 Å². The smallest absolute Gasteiger partial charge is 0.344 e. The molecule has 2 rings (SSSR count). The molecule has 0 saturated heterocycles. The summed E-state index contributed by atoms with van der Waals surface area (Å²) in [5, 5.41) is 2.71. The Hall–Kier alpha value is -2.82. The fourth-order valence-corrected chi connectivity index (χ4v) is 2.30. The van der Waals surface area contributed by atoms with Gasteiger partial charge in [0.25, 0.3) is 5.91 Å². The van der Waals surface area contributed by atoms with Gasteiger partial charge in [-0.1, -0.05) is 35.9 Å². The van der Waals surface area contributed by atoms with Crippen molar-refractivity contribution in [1.82, 2.24) is 5.32 Å². The third-order valence-corrected chi connectivity index (χ3v) is 3.53. The highest BCUT2D eigenvalue weighted by Gasteiger charge is 2.09. The van der Waals surface area contributed by atoms with Crippen LogP contribution in [0.1, 0.15) is 22.3 Å². The maximum Gasteiger partial charge on any atom is 0.344 e. The van der Waals surface area contributed by atoms with Gasteiger partial charge in [-0.25, -0.2) is 4.79 Å². The number of esters is 1. The van der Waals surface area contributed by atoms with Crippen LogP contribution < -0.4 is 10.1 Å². The van der Waals surface area contributed by atoms with Crippen molar-refractivity contribution in [2.45, 2.75) is 27.3 Å². The lowest BCUT2D eigenvalue weighted by Crippen LogP contribution is -2.29. The Labute approximate surface area is 148 Å². The van der Waals surface area contributed by atoms with Crippen LogP contribution in [0.15, 0.2) is 42.5 Å². The van der Waals surface area contributed by atoms with Gasteiger partial charge in [-0.05, 0) is 49.6 Å². The first-order valence-electron chi connectivity index (χ1n) is 8.11. The van der Waals surface area contributed by atoms with E-state index in [0.29, 0.717) is 12.3 Å². The van der Waals surface area contributed by atoms with Gasteiger partial charge in [-0.3, -0.25) is 4.79 Å². The fraction of sp³-hybridized carbons (Fsp3) is 0.300. The number of rotatable bonds is 7. The van der Waals surface area contributed by atoms with E-state index in [4.69, 9.17) is 9.47 Å². The number of aryl methyl sites for hydroxylation is 3. The summed E-state index contributed by atoms with van der Waals surface area (Å²) in [5.74, 6) is -0.316. The van der Waals surface area contributed by atoms with Crippen LogP contribution in [0, 0.1) is 20.8 Å². The van der Waals surface area contributed by atoms with E-state index < -0.39 is 5.97 Å². The first-order chi connectivity index (χ1) is 11.9. The molecule has 0 spiro atoms. The molecule has 1 N–H and O–H groups in total. The maximum absolute atomic E-state index is 11.7. The molecule has 0 saturated carbocycles. The van der Waals surface area contributed by atoms with Gasteiger partial charge < -0.3 is 14.8 Å². The third-order valence-electron chi connectivity index (χ3n) is 3.53. The molecule has 2 aromatic rings. The van der Waals surface area contributed by atoms with E-state index in [2.05, 4.69) is 5.32 Å². The van der Waals surface area contributed by atoms with E-state index in [-0.39, 0.29) is 19.1 Å². The Bertz CT molecular complexity index is 718. The van der Waals surface area contributed by atoms with Gasteiger partial charge in [0.05, 0.1) is 0 Å². The zero-order chi connectivity index (χ0) is 18.2. The lowest BCUT2D eigenvalue weighted by Gasteiger charge is -2.09.